The van der Waals surface area contributed by atoms with Crippen LogP contribution in [-0.4, -0.2) is 52.2 Å². The summed E-state index contributed by atoms with van der Waals surface area (Å²) < 4.78 is 1.58. The van der Waals surface area contributed by atoms with Crippen molar-refractivity contribution in [2.75, 3.05) is 20.1 Å². The van der Waals surface area contributed by atoms with Crippen LogP contribution in [0.15, 0.2) is 18.5 Å². The van der Waals surface area contributed by atoms with Crippen molar-refractivity contribution >= 4 is 11.8 Å². The third-order valence-corrected chi connectivity index (χ3v) is 4.39. The first-order chi connectivity index (χ1) is 10.5. The third-order valence-electron chi connectivity index (χ3n) is 4.39. The molecule has 22 heavy (non-hydrogen) atoms. The normalized spacial score (nSPS) is 18.0. The number of carbonyl (C=O) groups is 2. The third kappa shape index (κ3) is 3.65. The number of nitrogens with zero attached hydrogens (tertiary/aromatic N) is 3. The highest BCUT2D eigenvalue weighted by atomic mass is 16.2. The molecular formula is C15H25N5O2. The monoisotopic (exact) mass is 307 g/mol. The van der Waals surface area contributed by atoms with Crippen molar-refractivity contribution in [1.82, 2.24) is 20.0 Å². The Labute approximate surface area is 130 Å². The topological polar surface area (TPSA) is 93.3 Å². The molecule has 1 unspecified atom stereocenters. The van der Waals surface area contributed by atoms with Gasteiger partial charge in [0.25, 0.3) is 0 Å². The highest BCUT2D eigenvalue weighted by molar-refractivity contribution is 5.86. The minimum Gasteiger partial charge on any atom is -0.348 e. The number of likely N-dealkylation sites (N-methyl/N-ethyl adjacent to an activating group) is 1. The van der Waals surface area contributed by atoms with Gasteiger partial charge in [-0.1, -0.05) is 12.8 Å². The Balaban J connectivity index is 1.89. The molecule has 1 saturated carbocycles. The summed E-state index contributed by atoms with van der Waals surface area (Å²) in [6.07, 6.45) is 7.36. The fraction of sp³-hybridized carbons (Fsp3) is 0.667. The molecule has 0 saturated heterocycles. The van der Waals surface area contributed by atoms with E-state index in [-0.39, 0.29) is 23.9 Å². The van der Waals surface area contributed by atoms with E-state index in [0.29, 0.717) is 6.54 Å². The van der Waals surface area contributed by atoms with Gasteiger partial charge in [0.1, 0.15) is 6.04 Å². The van der Waals surface area contributed by atoms with Gasteiger partial charge in [0.05, 0.1) is 12.1 Å². The van der Waals surface area contributed by atoms with Crippen molar-refractivity contribution in [2.45, 2.75) is 44.2 Å². The van der Waals surface area contributed by atoms with Gasteiger partial charge in [0.2, 0.25) is 11.8 Å². The largest absolute Gasteiger partial charge is 0.348 e. The summed E-state index contributed by atoms with van der Waals surface area (Å²) in [6.45, 7) is 2.24. The van der Waals surface area contributed by atoms with Crippen LogP contribution < -0.4 is 11.1 Å². The van der Waals surface area contributed by atoms with Gasteiger partial charge < -0.3 is 16.0 Å². The highest BCUT2D eigenvalue weighted by Crippen LogP contribution is 2.28. The Bertz CT molecular complexity index is 508. The van der Waals surface area contributed by atoms with Crippen LogP contribution in [0.1, 0.15) is 38.6 Å². The molecule has 3 N–H and O–H groups in total. The van der Waals surface area contributed by atoms with Gasteiger partial charge in [-0.05, 0) is 25.8 Å². The van der Waals surface area contributed by atoms with Crippen molar-refractivity contribution in [3.63, 3.8) is 0 Å². The van der Waals surface area contributed by atoms with Gasteiger partial charge in [-0.2, -0.15) is 5.10 Å². The summed E-state index contributed by atoms with van der Waals surface area (Å²) in [7, 11) is 1.63. The number of aromatic nitrogens is 2. The fourth-order valence-corrected chi connectivity index (χ4v) is 3.00. The Hall–Kier alpha value is -1.89. The average Bonchev–Trinajstić information content (AvgIpc) is 3.17. The predicted molar refractivity (Wildman–Crippen MR) is 83.0 cm³/mol. The zero-order valence-corrected chi connectivity index (χ0v) is 13.3. The van der Waals surface area contributed by atoms with E-state index in [1.165, 1.54) is 4.90 Å². The maximum Gasteiger partial charge on any atom is 0.247 e. The van der Waals surface area contributed by atoms with Gasteiger partial charge in [0, 0.05) is 26.0 Å². The molecule has 2 rings (SSSR count). The van der Waals surface area contributed by atoms with E-state index in [0.717, 1.165) is 25.7 Å². The standard InChI is InChI=1S/C15H25N5O2/c1-12(20-9-5-8-17-20)14(22)19(2)10-13(21)18-15(11-16)6-3-4-7-15/h5,8-9,12H,3-4,6-7,10-11,16H2,1-2H3,(H,18,21). The van der Waals surface area contributed by atoms with Crippen molar-refractivity contribution < 1.29 is 9.59 Å². The van der Waals surface area contributed by atoms with Gasteiger partial charge >= 0.3 is 0 Å². The number of carbonyl (C=O) groups excluding carboxylic acids is 2. The molecule has 0 radical (unpaired) electrons. The van der Waals surface area contributed by atoms with Crippen molar-refractivity contribution in [3.05, 3.63) is 18.5 Å². The van der Waals surface area contributed by atoms with Gasteiger partial charge in [-0.3, -0.25) is 14.3 Å². The number of nitrogens with one attached hydrogen (secondary N) is 1. The molecule has 0 aliphatic heterocycles. The number of hydrogen-bond donors (Lipinski definition) is 2. The molecule has 7 nitrogen and oxygen atoms in total. The molecule has 7 heteroatoms. The number of nitrogens with two attached hydrogens (primary N) is 1. The summed E-state index contributed by atoms with van der Waals surface area (Å²) in [5, 5.41) is 7.08. The molecule has 1 atom stereocenters. The number of rotatable bonds is 6. The highest BCUT2D eigenvalue weighted by Gasteiger charge is 2.34. The summed E-state index contributed by atoms with van der Waals surface area (Å²) in [6, 6.07) is 1.34. The lowest BCUT2D eigenvalue weighted by atomic mass is 9.98. The Kier molecular flexibility index (Phi) is 5.18. The van der Waals surface area contributed by atoms with E-state index >= 15 is 0 Å². The van der Waals surface area contributed by atoms with Crippen LogP contribution in [0.2, 0.25) is 0 Å². The lowest BCUT2D eigenvalue weighted by Gasteiger charge is -2.30. The van der Waals surface area contributed by atoms with E-state index in [1.807, 2.05) is 0 Å². The molecule has 0 bridgehead atoms. The predicted octanol–water partition coefficient (Wildman–Crippen LogP) is 0.290. The first-order valence-corrected chi connectivity index (χ1v) is 7.73. The van der Waals surface area contributed by atoms with E-state index < -0.39 is 6.04 Å². The zero-order chi connectivity index (χ0) is 16.2. The van der Waals surface area contributed by atoms with Crippen LogP contribution in [0.3, 0.4) is 0 Å². The minimum absolute atomic E-state index is 0.0339. The number of amides is 2. The average molecular weight is 307 g/mol. The molecule has 1 fully saturated rings. The van der Waals surface area contributed by atoms with E-state index in [4.69, 9.17) is 5.73 Å². The summed E-state index contributed by atoms with van der Waals surface area (Å²) in [4.78, 5) is 26.0. The lowest BCUT2D eigenvalue weighted by molar-refractivity contribution is -0.137. The van der Waals surface area contributed by atoms with E-state index in [9.17, 15) is 9.59 Å². The smallest absolute Gasteiger partial charge is 0.247 e. The van der Waals surface area contributed by atoms with Gasteiger partial charge in [-0.25, -0.2) is 0 Å². The minimum atomic E-state index is -0.428. The Morgan fingerprint density at radius 3 is 2.68 bits per heavy atom. The molecule has 1 aromatic heterocycles. The second-order valence-corrected chi connectivity index (χ2v) is 6.10. The Morgan fingerprint density at radius 2 is 2.14 bits per heavy atom. The molecule has 1 aromatic rings. The van der Waals surface area contributed by atoms with E-state index in [2.05, 4.69) is 10.4 Å². The fourth-order valence-electron chi connectivity index (χ4n) is 3.00. The maximum absolute atomic E-state index is 12.3. The molecule has 0 aromatic carbocycles. The summed E-state index contributed by atoms with van der Waals surface area (Å²) in [5.74, 6) is -0.303. The quantitative estimate of drug-likeness (QED) is 0.790. The first kappa shape index (κ1) is 16.5. The first-order valence-electron chi connectivity index (χ1n) is 7.73. The second kappa shape index (κ2) is 6.91. The summed E-state index contributed by atoms with van der Waals surface area (Å²) >= 11 is 0. The molecule has 2 amide bonds. The van der Waals surface area contributed by atoms with Crippen molar-refractivity contribution in [3.8, 4) is 0 Å². The van der Waals surface area contributed by atoms with Crippen LogP contribution in [0.25, 0.3) is 0 Å². The Morgan fingerprint density at radius 1 is 1.45 bits per heavy atom. The van der Waals surface area contributed by atoms with Crippen LogP contribution in [0.5, 0.6) is 0 Å². The van der Waals surface area contributed by atoms with Crippen molar-refractivity contribution in [1.29, 1.82) is 0 Å². The maximum atomic E-state index is 12.3. The molecule has 122 valence electrons. The zero-order valence-electron chi connectivity index (χ0n) is 13.3. The van der Waals surface area contributed by atoms with Gasteiger partial charge in [0.15, 0.2) is 0 Å². The molecule has 1 aliphatic rings. The van der Waals surface area contributed by atoms with Gasteiger partial charge in [-0.15, -0.1) is 0 Å². The molecule has 1 aliphatic carbocycles. The SMILES string of the molecule is CC(C(=O)N(C)CC(=O)NC1(CN)CCCC1)n1cccn1. The van der Waals surface area contributed by atoms with Crippen LogP contribution >= 0.6 is 0 Å². The van der Waals surface area contributed by atoms with E-state index in [1.54, 1.807) is 37.1 Å². The van der Waals surface area contributed by atoms with Crippen LogP contribution in [-0.2, 0) is 9.59 Å². The summed E-state index contributed by atoms with van der Waals surface area (Å²) in [5.41, 5.74) is 5.53. The molecule has 0 spiro atoms. The van der Waals surface area contributed by atoms with Crippen LogP contribution in [0, 0.1) is 0 Å². The molecule has 1 heterocycles. The van der Waals surface area contributed by atoms with Crippen molar-refractivity contribution in [2.24, 2.45) is 5.73 Å². The second-order valence-electron chi connectivity index (χ2n) is 6.10. The van der Waals surface area contributed by atoms with Crippen LogP contribution in [0.4, 0.5) is 0 Å². The lowest BCUT2D eigenvalue weighted by Crippen LogP contribution is -2.54. The molecular weight excluding hydrogens is 282 g/mol. The number of hydrogen-bond acceptors (Lipinski definition) is 4.